The van der Waals surface area contributed by atoms with Crippen molar-refractivity contribution in [2.45, 2.75) is 144 Å². The van der Waals surface area contributed by atoms with Crippen molar-refractivity contribution in [1.29, 1.82) is 0 Å². The molecule has 3 heterocycles. The second-order valence-corrected chi connectivity index (χ2v) is 26.0. The van der Waals surface area contributed by atoms with Gasteiger partial charge >= 0.3 is 0 Å². The summed E-state index contributed by atoms with van der Waals surface area (Å²) in [6.45, 7) is 33.7. The SMILES string of the molecule is CC(C)(C)c1cc2c3c(c1)Sc1cc(C(C)(C)C)cc4c1OCCOCCOCCOCCOc1c(cc(C(C)(C)C)cc1Sc1cc(C(C)(C)C)cc(c1OCCOCCOCCOCCO3)S4)S2. The third kappa shape index (κ3) is 15.2. The van der Waals surface area contributed by atoms with E-state index in [2.05, 4.69) is 132 Å². The highest BCUT2D eigenvalue weighted by Crippen LogP contribution is 2.56. The van der Waals surface area contributed by atoms with Crippen LogP contribution in [-0.2, 0) is 50.1 Å². The summed E-state index contributed by atoms with van der Waals surface area (Å²) in [6.07, 6.45) is 0. The molecule has 384 valence electrons. The van der Waals surface area contributed by atoms with E-state index in [1.165, 1.54) is 22.3 Å². The van der Waals surface area contributed by atoms with Crippen molar-refractivity contribution in [3.63, 3.8) is 0 Å². The Morgan fingerprint density at radius 1 is 0.243 bits per heavy atom. The Kier molecular flexibility index (Phi) is 19.3. The molecule has 0 amide bonds. The molecule has 0 aromatic heterocycles. The first-order chi connectivity index (χ1) is 33.3. The summed E-state index contributed by atoms with van der Waals surface area (Å²) in [4.78, 5) is 7.84. The molecule has 0 saturated heterocycles. The minimum atomic E-state index is -0.199. The van der Waals surface area contributed by atoms with E-state index in [0.717, 1.165) is 62.2 Å². The number of rotatable bonds is 0. The largest absolute Gasteiger partial charge is 0.489 e. The first-order valence-electron chi connectivity index (χ1n) is 24.7. The van der Waals surface area contributed by atoms with Gasteiger partial charge in [0.1, 0.15) is 49.4 Å². The number of hydrogen-bond acceptors (Lipinski definition) is 14. The lowest BCUT2D eigenvalue weighted by molar-refractivity contribution is 0.00438. The maximum absolute atomic E-state index is 7.02. The second kappa shape index (κ2) is 24.5. The Labute approximate surface area is 435 Å². The van der Waals surface area contributed by atoms with Crippen LogP contribution in [-0.4, -0.2) is 106 Å². The van der Waals surface area contributed by atoms with E-state index < -0.39 is 0 Å². The summed E-state index contributed by atoms with van der Waals surface area (Å²) in [5.41, 5.74) is 3.94. The number of hydrogen-bond donors (Lipinski definition) is 0. The van der Waals surface area contributed by atoms with Crippen molar-refractivity contribution in [3.8, 4) is 23.0 Å². The summed E-state index contributed by atoms with van der Waals surface area (Å²) < 4.78 is 64.2. The van der Waals surface area contributed by atoms with E-state index in [4.69, 9.17) is 47.4 Å². The molecule has 0 N–H and O–H groups in total. The lowest BCUT2D eigenvalue weighted by Gasteiger charge is -2.28. The van der Waals surface area contributed by atoms with E-state index in [9.17, 15) is 0 Å². The molecule has 4 aromatic rings. The average Bonchev–Trinajstić information content (AvgIpc) is 3.26. The van der Waals surface area contributed by atoms with Crippen molar-refractivity contribution in [1.82, 2.24) is 0 Å². The van der Waals surface area contributed by atoms with Crippen LogP contribution in [0.2, 0.25) is 0 Å². The minimum absolute atomic E-state index is 0.199. The fourth-order valence-electron chi connectivity index (χ4n) is 7.58. The minimum Gasteiger partial charge on any atom is -0.489 e. The third-order valence-electron chi connectivity index (χ3n) is 11.8. The van der Waals surface area contributed by atoms with Gasteiger partial charge in [0.05, 0.1) is 118 Å². The number of ether oxygens (including phenoxy) is 10. The number of benzene rings is 4. The van der Waals surface area contributed by atoms with Gasteiger partial charge < -0.3 is 47.4 Å². The van der Waals surface area contributed by atoms with Crippen LogP contribution in [0.3, 0.4) is 0 Å². The van der Waals surface area contributed by atoms with Gasteiger partial charge in [0, 0.05) is 0 Å². The van der Waals surface area contributed by atoms with Gasteiger partial charge in [-0.3, -0.25) is 0 Å². The maximum Gasteiger partial charge on any atom is 0.147 e. The Hall–Kier alpha value is -2.76. The molecular formula is C56H76O10S4. The van der Waals surface area contributed by atoms with Crippen molar-refractivity contribution in [3.05, 3.63) is 70.8 Å². The van der Waals surface area contributed by atoms with Gasteiger partial charge in [0.15, 0.2) is 0 Å². The van der Waals surface area contributed by atoms with Crippen molar-refractivity contribution in [2.75, 3.05) is 106 Å². The van der Waals surface area contributed by atoms with Crippen LogP contribution in [0.5, 0.6) is 23.0 Å². The molecule has 4 aromatic carbocycles. The maximum atomic E-state index is 7.02. The molecule has 0 unspecified atom stereocenters. The highest BCUT2D eigenvalue weighted by Gasteiger charge is 2.31. The van der Waals surface area contributed by atoms with E-state index in [-0.39, 0.29) is 21.7 Å². The zero-order valence-electron chi connectivity index (χ0n) is 43.6. The molecule has 12 bridgehead atoms. The van der Waals surface area contributed by atoms with E-state index in [1.54, 1.807) is 47.0 Å². The third-order valence-corrected chi connectivity index (χ3v) is 16.0. The zero-order valence-corrected chi connectivity index (χ0v) is 46.9. The summed E-state index contributed by atoms with van der Waals surface area (Å²) >= 11 is 6.73. The van der Waals surface area contributed by atoms with Gasteiger partial charge in [0.25, 0.3) is 0 Å². The van der Waals surface area contributed by atoms with Gasteiger partial charge in [0.2, 0.25) is 0 Å². The molecule has 3 aliphatic rings. The molecule has 0 atom stereocenters. The Morgan fingerprint density at radius 3 is 0.529 bits per heavy atom. The highest BCUT2D eigenvalue weighted by molar-refractivity contribution is 8.01. The molecule has 0 fully saturated rings. The molecule has 7 rings (SSSR count). The normalized spacial score (nSPS) is 18.1. The molecule has 14 heteroatoms. The summed E-state index contributed by atoms with van der Waals surface area (Å²) in [6, 6.07) is 18.4. The van der Waals surface area contributed by atoms with Gasteiger partial charge in [-0.2, -0.15) is 0 Å². The summed E-state index contributed by atoms with van der Waals surface area (Å²) in [5.74, 6) is 3.12. The van der Waals surface area contributed by atoms with Crippen molar-refractivity contribution < 1.29 is 47.4 Å². The van der Waals surface area contributed by atoms with Crippen LogP contribution in [0.15, 0.2) is 87.7 Å². The second-order valence-electron chi connectivity index (χ2n) is 21.7. The fourth-order valence-corrected chi connectivity index (χ4v) is 12.4. The first kappa shape index (κ1) is 55.0. The monoisotopic (exact) mass is 1040 g/mol. The van der Waals surface area contributed by atoms with Gasteiger partial charge in [-0.25, -0.2) is 0 Å². The molecule has 10 nitrogen and oxygen atoms in total. The molecule has 3 aliphatic heterocycles. The van der Waals surface area contributed by atoms with Crippen molar-refractivity contribution in [2.24, 2.45) is 0 Å². The Bertz CT molecular complexity index is 1960. The predicted octanol–water partition coefficient (Wildman–Crippen LogP) is 13.4. The van der Waals surface area contributed by atoms with Crippen LogP contribution < -0.4 is 18.9 Å². The molecule has 0 radical (unpaired) electrons. The molecule has 70 heavy (non-hydrogen) atoms. The fraction of sp³-hybridized carbons (Fsp3) is 0.571. The Morgan fingerprint density at radius 2 is 0.386 bits per heavy atom. The first-order valence-corrected chi connectivity index (χ1v) is 28.0. The highest BCUT2D eigenvalue weighted by atomic mass is 32.2. The van der Waals surface area contributed by atoms with Gasteiger partial charge in [-0.05, 0) is 92.4 Å². The van der Waals surface area contributed by atoms with Crippen LogP contribution in [0, 0.1) is 0 Å². The van der Waals surface area contributed by atoms with Crippen LogP contribution >= 0.6 is 47.0 Å². The van der Waals surface area contributed by atoms with Gasteiger partial charge in [-0.1, -0.05) is 130 Å². The predicted molar refractivity (Wildman–Crippen MR) is 284 cm³/mol. The van der Waals surface area contributed by atoms with E-state index in [0.29, 0.717) is 106 Å². The quantitative estimate of drug-likeness (QED) is 0.147. The molecular weight excluding hydrogens is 961 g/mol. The zero-order chi connectivity index (χ0) is 50.1. The van der Waals surface area contributed by atoms with E-state index in [1.807, 2.05) is 0 Å². The smallest absolute Gasteiger partial charge is 0.147 e. The summed E-state index contributed by atoms with van der Waals surface area (Å²) in [7, 11) is 0. The molecule has 0 saturated carbocycles. The topological polar surface area (TPSA) is 92.3 Å². The lowest BCUT2D eigenvalue weighted by atomic mass is 9.87. The molecule has 0 spiro atoms. The average molecular weight is 1040 g/mol. The summed E-state index contributed by atoms with van der Waals surface area (Å²) in [5, 5.41) is 0. The van der Waals surface area contributed by atoms with Crippen molar-refractivity contribution >= 4 is 47.0 Å². The standard InChI is InChI=1S/C56H76O10S4/c1-53(2,3)37-29-41-49-42(30-37)68-44-32-39(55(7,8)9)34-46-51(44)65-27-23-61-19-15-58-14-18-60-22-26-64-50-43(67-41)31-38(54(4,5)6)33-45(50)69-47-35-40(56(10,11)12)36-48(70-46)52(47)66-28-24-62-20-16-57-13-17-59-21-25-63-49/h29-36H,13-28H2,1-12H3. The van der Waals surface area contributed by atoms with E-state index >= 15 is 0 Å². The van der Waals surface area contributed by atoms with Gasteiger partial charge in [-0.15, -0.1) is 0 Å². The van der Waals surface area contributed by atoms with Crippen LogP contribution in [0.1, 0.15) is 105 Å². The Balaban J connectivity index is 1.61. The van der Waals surface area contributed by atoms with Crippen LogP contribution in [0.4, 0.5) is 0 Å². The molecule has 0 aliphatic carbocycles. The van der Waals surface area contributed by atoms with Crippen LogP contribution in [0.25, 0.3) is 0 Å². The lowest BCUT2D eigenvalue weighted by Crippen LogP contribution is -2.17.